The molecule has 1 aromatic rings. The van der Waals surface area contributed by atoms with Gasteiger partial charge in [-0.25, -0.2) is 0 Å². The summed E-state index contributed by atoms with van der Waals surface area (Å²) in [6.07, 6.45) is 3.59. The number of nitrogens with two attached hydrogens (primary N) is 1. The van der Waals surface area contributed by atoms with Gasteiger partial charge in [-0.15, -0.1) is 0 Å². The van der Waals surface area contributed by atoms with E-state index in [4.69, 9.17) is 5.73 Å². The van der Waals surface area contributed by atoms with Crippen molar-refractivity contribution in [3.05, 3.63) is 45.7 Å². The zero-order valence-corrected chi connectivity index (χ0v) is 20.4. The molecule has 2 saturated carbocycles. The molecular formula is C27H31N3O7. The van der Waals surface area contributed by atoms with E-state index in [1.165, 1.54) is 6.07 Å². The van der Waals surface area contributed by atoms with Crippen molar-refractivity contribution in [1.82, 2.24) is 10.2 Å². The quantitative estimate of drug-likeness (QED) is 0.319. The van der Waals surface area contributed by atoms with Gasteiger partial charge in [-0.1, -0.05) is 12.5 Å². The summed E-state index contributed by atoms with van der Waals surface area (Å²) in [5, 5.41) is 48.1. The molecule has 7 N–H and O–H groups in total. The number of carbonyl (C=O) groups excluding carboxylic acids is 3. The number of ketones is 2. The van der Waals surface area contributed by atoms with Crippen molar-refractivity contribution in [3.63, 3.8) is 0 Å². The number of primary amides is 1. The van der Waals surface area contributed by atoms with Crippen molar-refractivity contribution >= 4 is 23.2 Å². The van der Waals surface area contributed by atoms with Crippen molar-refractivity contribution < 1.29 is 34.8 Å². The monoisotopic (exact) mass is 509 g/mol. The van der Waals surface area contributed by atoms with Gasteiger partial charge in [0.25, 0.3) is 5.91 Å². The molecule has 196 valence electrons. The number of nitrogens with one attached hydrogen (secondary N) is 1. The fraction of sp³-hybridized carbons (Fsp3) is 0.519. The van der Waals surface area contributed by atoms with Crippen molar-refractivity contribution in [2.24, 2.45) is 17.6 Å². The van der Waals surface area contributed by atoms with Gasteiger partial charge in [-0.05, 0) is 54.7 Å². The Morgan fingerprint density at radius 2 is 1.78 bits per heavy atom. The number of hydrogen-bond donors (Lipinski definition) is 6. The first-order chi connectivity index (χ1) is 17.7. The van der Waals surface area contributed by atoms with Crippen LogP contribution in [-0.4, -0.2) is 80.6 Å². The molecule has 37 heavy (non-hydrogen) atoms. The van der Waals surface area contributed by atoms with Gasteiger partial charge in [0.2, 0.25) is 5.78 Å². The van der Waals surface area contributed by atoms with Gasteiger partial charge < -0.3 is 31.5 Å². The largest absolute Gasteiger partial charge is 0.508 e. The molecule has 1 amide bonds. The normalized spacial score (nSPS) is 32.5. The number of carbonyl (C=O) groups is 3. The van der Waals surface area contributed by atoms with Gasteiger partial charge in [-0.3, -0.25) is 19.3 Å². The number of aliphatic hydroxyl groups excluding tert-OH is 2. The number of amides is 1. The van der Waals surface area contributed by atoms with E-state index >= 15 is 0 Å². The first-order valence-corrected chi connectivity index (χ1v) is 12.9. The van der Waals surface area contributed by atoms with Crippen LogP contribution in [0.25, 0.3) is 5.76 Å². The van der Waals surface area contributed by atoms with Gasteiger partial charge in [0.15, 0.2) is 11.4 Å². The first kappa shape index (κ1) is 24.1. The van der Waals surface area contributed by atoms with Gasteiger partial charge in [0.05, 0.1) is 11.6 Å². The van der Waals surface area contributed by atoms with Gasteiger partial charge in [-0.2, -0.15) is 0 Å². The number of aliphatic hydroxyl groups is 3. The molecule has 5 aliphatic rings. The van der Waals surface area contributed by atoms with E-state index in [9.17, 15) is 34.8 Å². The summed E-state index contributed by atoms with van der Waals surface area (Å²) in [5.74, 6) is -5.79. The summed E-state index contributed by atoms with van der Waals surface area (Å²) < 4.78 is 0. The van der Waals surface area contributed by atoms with Gasteiger partial charge in [0, 0.05) is 37.7 Å². The minimum absolute atomic E-state index is 0.101. The Labute approximate surface area is 213 Å². The molecule has 4 aliphatic carbocycles. The number of phenolic OH excluding ortho intramolecular Hbond substituents is 1. The number of Topliss-reactive ketones (excluding diaryl/α,β-unsaturated/α-hetero) is 2. The Bertz CT molecular complexity index is 1290. The zero-order valence-electron chi connectivity index (χ0n) is 20.4. The average molecular weight is 510 g/mol. The highest BCUT2D eigenvalue weighted by molar-refractivity contribution is 6.24. The number of hydrogen-bond acceptors (Lipinski definition) is 9. The Balaban J connectivity index is 1.53. The van der Waals surface area contributed by atoms with Crippen molar-refractivity contribution in [2.45, 2.75) is 49.7 Å². The highest BCUT2D eigenvalue weighted by atomic mass is 16.3. The highest BCUT2D eigenvalue weighted by Gasteiger charge is 2.64. The summed E-state index contributed by atoms with van der Waals surface area (Å²) >= 11 is 0. The van der Waals surface area contributed by atoms with Crippen molar-refractivity contribution in [1.29, 1.82) is 0 Å². The van der Waals surface area contributed by atoms with Crippen molar-refractivity contribution in [2.75, 3.05) is 26.2 Å². The maximum absolute atomic E-state index is 14.0. The van der Waals surface area contributed by atoms with E-state index in [2.05, 4.69) is 5.32 Å². The third-order valence-corrected chi connectivity index (χ3v) is 9.17. The minimum Gasteiger partial charge on any atom is -0.508 e. The summed E-state index contributed by atoms with van der Waals surface area (Å²) in [4.78, 5) is 41.6. The van der Waals surface area contributed by atoms with Gasteiger partial charge >= 0.3 is 0 Å². The summed E-state index contributed by atoms with van der Waals surface area (Å²) in [5.41, 5.74) is 3.96. The molecule has 6 rings (SSSR count). The molecule has 2 unspecified atom stereocenters. The van der Waals surface area contributed by atoms with Crippen molar-refractivity contribution in [3.8, 4) is 5.75 Å². The summed E-state index contributed by atoms with van der Waals surface area (Å²) in [6, 6.07) is 2.35. The number of piperazine rings is 1. The fourth-order valence-electron chi connectivity index (χ4n) is 7.16. The molecule has 0 radical (unpaired) electrons. The van der Waals surface area contributed by atoms with Gasteiger partial charge in [0.1, 0.15) is 22.8 Å². The lowest BCUT2D eigenvalue weighted by atomic mass is 9.57. The molecule has 0 spiro atoms. The lowest BCUT2D eigenvalue weighted by Gasteiger charge is -2.52. The van der Waals surface area contributed by atoms with Crippen LogP contribution in [0.4, 0.5) is 0 Å². The standard InChI is InChI=1S/C27H31N3O7/c28-26(36)20-23(33)21(30-8-6-29-7-9-30)16-11-13-10-15-14(12-2-1-3-12)4-5-17(31)19(15)22(32)18(13)24(34)27(16,37)25(20)35/h4-5,12-13,16,21,29,31-32,35,37H,1-3,6-11H2,(H2,28,36)/t13?,16?,21-,27+/m1/s1. The predicted octanol–water partition coefficient (Wildman–Crippen LogP) is 0.575. The molecule has 4 atom stereocenters. The topological polar surface area (TPSA) is 173 Å². The minimum atomic E-state index is -2.60. The second-order valence-corrected chi connectivity index (χ2v) is 10.9. The number of phenols is 1. The molecule has 1 saturated heterocycles. The number of nitrogens with zero attached hydrogens (tertiary/aromatic N) is 1. The highest BCUT2D eigenvalue weighted by Crippen LogP contribution is 2.54. The maximum Gasteiger partial charge on any atom is 0.255 e. The summed E-state index contributed by atoms with van der Waals surface area (Å²) in [6.45, 7) is 2.06. The molecule has 0 aromatic heterocycles. The van der Waals surface area contributed by atoms with Crippen LogP contribution in [-0.2, 0) is 20.8 Å². The average Bonchev–Trinajstić information content (AvgIpc) is 2.82. The van der Waals surface area contributed by atoms with Crippen LogP contribution in [0.1, 0.15) is 48.3 Å². The van der Waals surface area contributed by atoms with E-state index in [0.29, 0.717) is 38.5 Å². The smallest absolute Gasteiger partial charge is 0.255 e. The third kappa shape index (κ3) is 3.25. The van der Waals surface area contributed by atoms with E-state index in [0.717, 1.165) is 30.4 Å². The van der Waals surface area contributed by atoms with Crippen LogP contribution in [0.15, 0.2) is 29.0 Å². The van der Waals surface area contributed by atoms with E-state index < -0.39 is 58.0 Å². The Kier molecular flexibility index (Phi) is 5.48. The Morgan fingerprint density at radius 1 is 1.08 bits per heavy atom. The number of rotatable bonds is 3. The molecule has 10 heteroatoms. The molecule has 0 bridgehead atoms. The predicted molar refractivity (Wildman–Crippen MR) is 132 cm³/mol. The van der Waals surface area contributed by atoms with Crippen LogP contribution in [0.3, 0.4) is 0 Å². The van der Waals surface area contributed by atoms with E-state index in [-0.39, 0.29) is 23.3 Å². The Hall–Kier alpha value is -3.21. The number of fused-ring (bicyclic) bond motifs is 3. The lowest BCUT2D eigenvalue weighted by molar-refractivity contribution is -0.155. The van der Waals surface area contributed by atoms with Crippen LogP contribution >= 0.6 is 0 Å². The molecule has 10 nitrogen and oxygen atoms in total. The third-order valence-electron chi connectivity index (χ3n) is 9.17. The van der Waals surface area contributed by atoms with Crippen LogP contribution in [0.5, 0.6) is 5.75 Å². The number of benzene rings is 1. The molecule has 1 aliphatic heterocycles. The second-order valence-electron chi connectivity index (χ2n) is 10.9. The Morgan fingerprint density at radius 3 is 2.41 bits per heavy atom. The second kappa shape index (κ2) is 8.41. The SMILES string of the molecule is NC(=O)C1=C(O)[C@@]2(O)C(=O)C3=C(O)c4c(O)ccc(C5CCC5)c4CC3CC2[C@@H](N2CCNCC2)C1=O. The lowest BCUT2D eigenvalue weighted by Crippen LogP contribution is -2.68. The van der Waals surface area contributed by atoms with Crippen LogP contribution in [0.2, 0.25) is 0 Å². The summed E-state index contributed by atoms with van der Waals surface area (Å²) in [7, 11) is 0. The van der Waals surface area contributed by atoms with Crippen LogP contribution < -0.4 is 11.1 Å². The van der Waals surface area contributed by atoms with E-state index in [1.807, 2.05) is 11.0 Å². The molecule has 1 heterocycles. The maximum atomic E-state index is 14.0. The van der Waals surface area contributed by atoms with E-state index in [1.54, 1.807) is 0 Å². The molecule has 1 aromatic carbocycles. The fourth-order valence-corrected chi connectivity index (χ4v) is 7.16. The first-order valence-electron chi connectivity index (χ1n) is 12.9. The zero-order chi connectivity index (χ0) is 26.2. The molecular weight excluding hydrogens is 478 g/mol. The molecule has 3 fully saturated rings. The number of aromatic hydroxyl groups is 1. The van der Waals surface area contributed by atoms with Crippen LogP contribution in [0, 0.1) is 11.8 Å².